The molecule has 0 amide bonds. The average Bonchev–Trinajstić information content (AvgIpc) is 2.20. The number of hydrogen-bond donors (Lipinski definition) is 0. The first-order chi connectivity index (χ1) is 7.90. The zero-order chi connectivity index (χ0) is 13.0. The predicted molar refractivity (Wildman–Crippen MR) is 68.2 cm³/mol. The van der Waals surface area contributed by atoms with Gasteiger partial charge < -0.3 is 4.74 Å². The van der Waals surface area contributed by atoms with Crippen LogP contribution in [0.1, 0.15) is 27.2 Å². The second kappa shape index (κ2) is 6.34. The monoisotopic (exact) mass is 306 g/mol. The molecule has 0 unspecified atom stereocenters. The van der Waals surface area contributed by atoms with Crippen molar-refractivity contribution in [2.24, 2.45) is 11.8 Å². The van der Waals surface area contributed by atoms with Gasteiger partial charge in [0.2, 0.25) is 0 Å². The van der Waals surface area contributed by atoms with Crippen molar-refractivity contribution in [3.8, 4) is 5.75 Å². The molecule has 0 radical (unpaired) electrons. The van der Waals surface area contributed by atoms with Crippen molar-refractivity contribution in [2.45, 2.75) is 27.2 Å². The predicted octanol–water partition coefficient (Wildman–Crippen LogP) is 4.79. The van der Waals surface area contributed by atoms with Crippen LogP contribution in [0.2, 0.25) is 0 Å². The minimum atomic E-state index is -0.546. The molecule has 0 spiro atoms. The van der Waals surface area contributed by atoms with Crippen molar-refractivity contribution < 1.29 is 13.5 Å². The molecule has 1 rings (SSSR count). The summed E-state index contributed by atoms with van der Waals surface area (Å²) < 4.78 is 32.0. The Hall–Kier alpha value is -0.640. The van der Waals surface area contributed by atoms with Crippen molar-refractivity contribution in [2.75, 3.05) is 6.61 Å². The van der Waals surface area contributed by atoms with E-state index in [4.69, 9.17) is 4.74 Å². The van der Waals surface area contributed by atoms with Gasteiger partial charge in [-0.1, -0.05) is 20.8 Å². The van der Waals surface area contributed by atoms with Gasteiger partial charge in [0.1, 0.15) is 5.82 Å². The third kappa shape index (κ3) is 4.62. The van der Waals surface area contributed by atoms with Crippen molar-refractivity contribution in [3.63, 3.8) is 0 Å². The molecule has 1 aromatic rings. The molecule has 0 aliphatic carbocycles. The summed E-state index contributed by atoms with van der Waals surface area (Å²) in [6, 6.07) is 2.15. The molecule has 96 valence electrons. The Bertz CT molecular complexity index is 380. The lowest BCUT2D eigenvalue weighted by Crippen LogP contribution is -2.11. The summed E-state index contributed by atoms with van der Waals surface area (Å²) in [6.45, 7) is 6.68. The van der Waals surface area contributed by atoms with E-state index >= 15 is 0 Å². The van der Waals surface area contributed by atoms with Gasteiger partial charge in [0, 0.05) is 6.07 Å². The molecule has 0 aliphatic rings. The first-order valence-electron chi connectivity index (χ1n) is 5.67. The van der Waals surface area contributed by atoms with Crippen LogP contribution in [-0.4, -0.2) is 6.61 Å². The maximum atomic E-state index is 13.4. The fourth-order valence-electron chi connectivity index (χ4n) is 1.72. The van der Waals surface area contributed by atoms with Crippen LogP contribution < -0.4 is 4.74 Å². The van der Waals surface area contributed by atoms with E-state index in [-0.39, 0.29) is 10.2 Å². The van der Waals surface area contributed by atoms with Gasteiger partial charge in [0.05, 0.1) is 11.1 Å². The Morgan fingerprint density at radius 1 is 1.18 bits per heavy atom. The van der Waals surface area contributed by atoms with Gasteiger partial charge in [0.25, 0.3) is 0 Å². The molecule has 1 nitrogen and oxygen atoms in total. The van der Waals surface area contributed by atoms with Gasteiger partial charge in [-0.25, -0.2) is 8.78 Å². The van der Waals surface area contributed by atoms with Crippen LogP contribution in [0.5, 0.6) is 5.75 Å². The highest BCUT2D eigenvalue weighted by Crippen LogP contribution is 2.25. The van der Waals surface area contributed by atoms with E-state index in [9.17, 15) is 8.78 Å². The first-order valence-corrected chi connectivity index (χ1v) is 6.46. The molecule has 1 aromatic carbocycles. The van der Waals surface area contributed by atoms with E-state index < -0.39 is 11.6 Å². The molecular formula is C13H17BrF2O. The van der Waals surface area contributed by atoms with Crippen LogP contribution in [0.3, 0.4) is 0 Å². The minimum Gasteiger partial charge on any atom is -0.490 e. The van der Waals surface area contributed by atoms with E-state index in [0.29, 0.717) is 18.4 Å². The summed E-state index contributed by atoms with van der Waals surface area (Å²) in [5, 5.41) is 0. The quantitative estimate of drug-likeness (QED) is 0.711. The molecule has 1 atom stereocenters. The van der Waals surface area contributed by atoms with Crippen LogP contribution in [0, 0.1) is 23.5 Å². The van der Waals surface area contributed by atoms with Crippen molar-refractivity contribution in [1.29, 1.82) is 0 Å². The Balaban J connectivity index is 2.60. The molecule has 0 aliphatic heterocycles. The maximum absolute atomic E-state index is 13.4. The smallest absolute Gasteiger partial charge is 0.166 e. The Morgan fingerprint density at radius 3 is 2.41 bits per heavy atom. The molecule has 0 saturated carbocycles. The lowest BCUT2D eigenvalue weighted by molar-refractivity contribution is 0.229. The molecule has 0 bridgehead atoms. The van der Waals surface area contributed by atoms with Gasteiger partial charge >= 0.3 is 0 Å². The fraction of sp³-hybridized carbons (Fsp3) is 0.538. The van der Waals surface area contributed by atoms with E-state index in [0.717, 1.165) is 18.6 Å². The summed E-state index contributed by atoms with van der Waals surface area (Å²) in [6.07, 6.45) is 1.00. The first kappa shape index (κ1) is 14.4. The average molecular weight is 307 g/mol. The molecule has 0 saturated heterocycles. The lowest BCUT2D eigenvalue weighted by atomic mass is 10.00. The van der Waals surface area contributed by atoms with E-state index in [1.54, 1.807) is 0 Å². The lowest BCUT2D eigenvalue weighted by Gasteiger charge is -2.15. The van der Waals surface area contributed by atoms with Gasteiger partial charge in [-0.15, -0.1) is 0 Å². The number of rotatable bonds is 5. The highest BCUT2D eigenvalue weighted by molar-refractivity contribution is 9.10. The van der Waals surface area contributed by atoms with Crippen molar-refractivity contribution >= 4 is 15.9 Å². The SMILES string of the molecule is CC(C)C[C@@H](C)COc1cc(F)c(Br)cc1F. The van der Waals surface area contributed by atoms with Gasteiger partial charge in [0.15, 0.2) is 11.6 Å². The van der Waals surface area contributed by atoms with Crippen LogP contribution in [-0.2, 0) is 0 Å². The second-order valence-corrected chi connectivity index (χ2v) is 5.60. The molecule has 0 fully saturated rings. The molecular weight excluding hydrogens is 290 g/mol. The summed E-state index contributed by atoms with van der Waals surface area (Å²) in [5.41, 5.74) is 0. The highest BCUT2D eigenvalue weighted by Gasteiger charge is 2.11. The van der Waals surface area contributed by atoms with E-state index in [1.165, 1.54) is 0 Å². The van der Waals surface area contributed by atoms with E-state index in [2.05, 4.69) is 29.8 Å². The summed E-state index contributed by atoms with van der Waals surface area (Å²) in [7, 11) is 0. The van der Waals surface area contributed by atoms with Gasteiger partial charge in [-0.2, -0.15) is 0 Å². The molecule has 17 heavy (non-hydrogen) atoms. The zero-order valence-corrected chi connectivity index (χ0v) is 11.9. The van der Waals surface area contributed by atoms with Crippen LogP contribution in [0.25, 0.3) is 0 Å². The molecule has 4 heteroatoms. The number of ether oxygens (including phenoxy) is 1. The normalized spacial score (nSPS) is 12.9. The maximum Gasteiger partial charge on any atom is 0.166 e. The third-order valence-corrected chi connectivity index (χ3v) is 2.98. The minimum absolute atomic E-state index is 0.0266. The Morgan fingerprint density at radius 2 is 1.82 bits per heavy atom. The standard InChI is InChI=1S/C13H17BrF2O/c1-8(2)4-9(3)7-17-13-6-11(15)10(14)5-12(13)16/h5-6,8-9H,4,7H2,1-3H3/t9-/m1/s1. The number of benzene rings is 1. The van der Waals surface area contributed by atoms with Gasteiger partial charge in [-0.05, 0) is 40.3 Å². The summed E-state index contributed by atoms with van der Waals surface area (Å²) in [5.74, 6) is -0.199. The third-order valence-electron chi connectivity index (χ3n) is 2.37. The summed E-state index contributed by atoms with van der Waals surface area (Å²) in [4.78, 5) is 0. The van der Waals surface area contributed by atoms with E-state index in [1.807, 2.05) is 6.92 Å². The second-order valence-electron chi connectivity index (χ2n) is 4.74. The number of halogens is 3. The van der Waals surface area contributed by atoms with Crippen LogP contribution in [0.4, 0.5) is 8.78 Å². The fourth-order valence-corrected chi connectivity index (χ4v) is 2.04. The topological polar surface area (TPSA) is 9.23 Å². The van der Waals surface area contributed by atoms with Crippen LogP contribution >= 0.6 is 15.9 Å². The number of hydrogen-bond acceptors (Lipinski definition) is 1. The molecule has 0 heterocycles. The summed E-state index contributed by atoms with van der Waals surface area (Å²) >= 11 is 2.92. The van der Waals surface area contributed by atoms with Crippen molar-refractivity contribution in [3.05, 3.63) is 28.2 Å². The highest BCUT2D eigenvalue weighted by atomic mass is 79.9. The largest absolute Gasteiger partial charge is 0.490 e. The Labute approximate surface area is 109 Å². The van der Waals surface area contributed by atoms with Crippen LogP contribution in [0.15, 0.2) is 16.6 Å². The molecule has 0 N–H and O–H groups in total. The zero-order valence-electron chi connectivity index (χ0n) is 10.3. The van der Waals surface area contributed by atoms with Crippen molar-refractivity contribution in [1.82, 2.24) is 0 Å². The Kier molecular flexibility index (Phi) is 5.37. The molecule has 0 aromatic heterocycles. The van der Waals surface area contributed by atoms with Gasteiger partial charge in [-0.3, -0.25) is 0 Å².